The van der Waals surface area contributed by atoms with Gasteiger partial charge in [-0.2, -0.15) is 4.31 Å². The highest BCUT2D eigenvalue weighted by molar-refractivity contribution is 7.88. The van der Waals surface area contributed by atoms with Crippen LogP contribution in [0.3, 0.4) is 0 Å². The molecule has 164 valence electrons. The number of hydrogen-bond donors (Lipinski definition) is 1. The van der Waals surface area contributed by atoms with Crippen molar-refractivity contribution in [3.63, 3.8) is 0 Å². The molecule has 5 rings (SSSR count). The van der Waals surface area contributed by atoms with Gasteiger partial charge in [0.05, 0.1) is 12.0 Å². The number of rotatable bonds is 4. The molecule has 32 heavy (non-hydrogen) atoms. The van der Waals surface area contributed by atoms with E-state index in [9.17, 15) is 13.6 Å². The summed E-state index contributed by atoms with van der Waals surface area (Å²) in [7, 11) is -3.21. The maximum Gasteiger partial charge on any atom is 0.211 e. The lowest BCUT2D eigenvalue weighted by molar-refractivity contribution is 0.318. The fraction of sp³-hybridized carbons (Fsp3) is 0.250. The Kier molecular flexibility index (Phi) is 5.19. The average Bonchev–Trinajstić information content (AvgIpc) is 3.43. The van der Waals surface area contributed by atoms with Gasteiger partial charge < -0.3 is 9.62 Å². The van der Waals surface area contributed by atoms with Crippen LogP contribution < -0.4 is 0 Å². The Bertz CT molecular complexity index is 1340. The Morgan fingerprint density at radius 1 is 1.03 bits per heavy atom. The summed E-state index contributed by atoms with van der Waals surface area (Å²) in [5, 5.41) is 12.7. The van der Waals surface area contributed by atoms with Crippen molar-refractivity contribution in [2.24, 2.45) is 5.16 Å². The van der Waals surface area contributed by atoms with E-state index in [0.717, 1.165) is 63.5 Å². The molecule has 1 N–H and O–H groups in total. The topological polar surface area (TPSA) is 96.0 Å². The highest BCUT2D eigenvalue weighted by atomic mass is 32.2. The van der Waals surface area contributed by atoms with Crippen LogP contribution in [0.1, 0.15) is 29.7 Å². The predicted molar refractivity (Wildman–Crippen MR) is 123 cm³/mol. The van der Waals surface area contributed by atoms with Gasteiger partial charge in [-0.15, -0.1) is 0 Å². The Morgan fingerprint density at radius 3 is 2.53 bits per heavy atom. The number of pyridine rings is 1. The maximum atomic E-state index is 11.8. The molecule has 0 spiro atoms. The molecule has 2 aliphatic rings. The molecule has 7 nitrogen and oxygen atoms in total. The fourth-order valence-electron chi connectivity index (χ4n) is 4.40. The molecule has 0 atom stereocenters. The summed E-state index contributed by atoms with van der Waals surface area (Å²) in [5.41, 5.74) is 6.78. The lowest BCUT2D eigenvalue weighted by atomic mass is 9.97. The molecule has 0 fully saturated rings. The number of fused-ring (bicyclic) bond motifs is 1. The summed E-state index contributed by atoms with van der Waals surface area (Å²) < 4.78 is 31.5. The Labute approximate surface area is 186 Å². The van der Waals surface area contributed by atoms with E-state index in [2.05, 4.69) is 16.2 Å². The van der Waals surface area contributed by atoms with Crippen molar-refractivity contribution < 1.29 is 18.0 Å². The van der Waals surface area contributed by atoms with Crippen LogP contribution in [0.15, 0.2) is 64.4 Å². The lowest BCUT2D eigenvalue weighted by Crippen LogP contribution is -2.33. The van der Waals surface area contributed by atoms with Crippen molar-refractivity contribution in [2.45, 2.75) is 19.3 Å². The van der Waals surface area contributed by atoms with E-state index in [0.29, 0.717) is 19.5 Å². The molecule has 3 aromatic rings. The first-order chi connectivity index (χ1) is 15.4. The molecule has 1 aromatic carbocycles. The zero-order chi connectivity index (χ0) is 22.3. The van der Waals surface area contributed by atoms with Crippen LogP contribution in [0.4, 0.5) is 0 Å². The molecule has 0 bridgehead atoms. The van der Waals surface area contributed by atoms with Crippen LogP contribution >= 0.6 is 0 Å². The third-order valence-corrected chi connectivity index (χ3v) is 7.38. The Morgan fingerprint density at radius 2 is 1.84 bits per heavy atom. The third-order valence-electron chi connectivity index (χ3n) is 6.11. The molecule has 1 aliphatic heterocycles. The first kappa shape index (κ1) is 20.7. The van der Waals surface area contributed by atoms with E-state index in [1.165, 1.54) is 10.6 Å². The molecule has 2 aromatic heterocycles. The van der Waals surface area contributed by atoms with Crippen LogP contribution in [0, 0.1) is 0 Å². The first-order valence-electron chi connectivity index (χ1n) is 10.5. The molecule has 1 aliphatic carbocycles. The van der Waals surface area contributed by atoms with Gasteiger partial charge in [-0.1, -0.05) is 29.4 Å². The summed E-state index contributed by atoms with van der Waals surface area (Å²) in [6, 6.07) is 12.0. The molecule has 8 heteroatoms. The van der Waals surface area contributed by atoms with E-state index >= 15 is 0 Å². The van der Waals surface area contributed by atoms with Crippen LogP contribution in [0.25, 0.3) is 28.0 Å². The number of aromatic nitrogens is 1. The molecule has 3 heterocycles. The second-order valence-corrected chi connectivity index (χ2v) is 10.1. The summed E-state index contributed by atoms with van der Waals surface area (Å²) >= 11 is 0. The van der Waals surface area contributed by atoms with E-state index in [4.69, 9.17) is 4.42 Å². The maximum absolute atomic E-state index is 11.8. The van der Waals surface area contributed by atoms with Gasteiger partial charge in [0.25, 0.3) is 0 Å². The van der Waals surface area contributed by atoms with E-state index in [-0.39, 0.29) is 0 Å². The molecular formula is C24H23N3O4S. The molecule has 0 unspecified atom stereocenters. The van der Waals surface area contributed by atoms with E-state index in [1.807, 2.05) is 36.4 Å². The zero-order valence-electron chi connectivity index (χ0n) is 17.7. The van der Waals surface area contributed by atoms with Crippen molar-refractivity contribution in [3.05, 3.63) is 71.8 Å². The van der Waals surface area contributed by atoms with Crippen LogP contribution in [-0.4, -0.2) is 48.0 Å². The minimum absolute atomic E-state index is 0.344. The monoisotopic (exact) mass is 449 g/mol. The van der Waals surface area contributed by atoms with Gasteiger partial charge in [-0.3, -0.25) is 4.98 Å². The third kappa shape index (κ3) is 3.76. The fourth-order valence-corrected chi connectivity index (χ4v) is 5.17. The molecule has 0 saturated carbocycles. The lowest BCUT2D eigenvalue weighted by Gasteiger charge is -2.23. The summed E-state index contributed by atoms with van der Waals surface area (Å²) in [5.74, 6) is 1.50. The smallest absolute Gasteiger partial charge is 0.211 e. The van der Waals surface area contributed by atoms with Gasteiger partial charge >= 0.3 is 0 Å². The van der Waals surface area contributed by atoms with Crippen molar-refractivity contribution in [3.8, 4) is 22.5 Å². The minimum Gasteiger partial charge on any atom is -0.456 e. The van der Waals surface area contributed by atoms with Crippen molar-refractivity contribution in [2.75, 3.05) is 19.3 Å². The second kappa shape index (κ2) is 8.03. The minimum atomic E-state index is -3.21. The number of sulfonamides is 1. The van der Waals surface area contributed by atoms with Gasteiger partial charge in [0.15, 0.2) is 0 Å². The molecule has 0 amide bonds. The molecule has 0 radical (unpaired) electrons. The highest BCUT2D eigenvalue weighted by Gasteiger charge is 2.25. The summed E-state index contributed by atoms with van der Waals surface area (Å²) in [4.78, 5) is 4.11. The number of benzene rings is 1. The zero-order valence-corrected chi connectivity index (χ0v) is 18.5. The second-order valence-electron chi connectivity index (χ2n) is 8.11. The number of furan rings is 1. The van der Waals surface area contributed by atoms with Gasteiger partial charge in [0.2, 0.25) is 10.0 Å². The number of hydrogen-bond acceptors (Lipinski definition) is 6. The predicted octanol–water partition coefficient (Wildman–Crippen LogP) is 4.18. The van der Waals surface area contributed by atoms with Crippen molar-refractivity contribution >= 4 is 21.3 Å². The first-order valence-corrected chi connectivity index (χ1v) is 12.3. The quantitative estimate of drug-likeness (QED) is 0.476. The Balaban J connectivity index is 1.57. The number of aryl methyl sites for hydroxylation is 1. The normalized spacial score (nSPS) is 18.0. The number of nitrogens with zero attached hydrogens (tertiary/aromatic N) is 3. The van der Waals surface area contributed by atoms with Crippen LogP contribution in [-0.2, 0) is 16.4 Å². The summed E-state index contributed by atoms with van der Waals surface area (Å²) in [6.45, 7) is 0.782. The molecule has 0 saturated heterocycles. The number of oxime groups is 1. The van der Waals surface area contributed by atoms with Crippen LogP contribution in [0.5, 0.6) is 0 Å². The highest BCUT2D eigenvalue weighted by Crippen LogP contribution is 2.40. The van der Waals surface area contributed by atoms with Gasteiger partial charge in [-0.25, -0.2) is 8.42 Å². The molecular weight excluding hydrogens is 426 g/mol. The van der Waals surface area contributed by atoms with Crippen molar-refractivity contribution in [1.82, 2.24) is 9.29 Å². The van der Waals surface area contributed by atoms with Gasteiger partial charge in [-0.05, 0) is 54.2 Å². The summed E-state index contributed by atoms with van der Waals surface area (Å²) in [6.07, 6.45) is 8.79. The van der Waals surface area contributed by atoms with E-state index < -0.39 is 10.0 Å². The van der Waals surface area contributed by atoms with Crippen LogP contribution in [0.2, 0.25) is 0 Å². The van der Waals surface area contributed by atoms with Gasteiger partial charge in [0.1, 0.15) is 11.5 Å². The van der Waals surface area contributed by atoms with Crippen molar-refractivity contribution in [1.29, 1.82) is 0 Å². The van der Waals surface area contributed by atoms with Gasteiger partial charge in [0, 0.05) is 42.2 Å². The SMILES string of the molecule is CS(=O)(=O)N1CC=C(c2cc(-c3ccc4c(c3)CC/C4=N\O)c(-c3ccncc3)o2)CC1. The Hall–Kier alpha value is -3.23. The standard InChI is InChI=1S/C24H23N3O4S/c1-32(29,30)27-12-8-16(9-13-27)23-15-21(24(31-23)17-6-10-25-11-7-17)19-2-4-20-18(14-19)3-5-22(20)26-28/h2,4,6-8,10-11,14-15,28H,3,5,9,12-13H2,1H3/b26-22+. The van der Waals surface area contributed by atoms with E-state index in [1.54, 1.807) is 12.4 Å². The largest absolute Gasteiger partial charge is 0.456 e. The average molecular weight is 450 g/mol.